The van der Waals surface area contributed by atoms with Gasteiger partial charge < -0.3 is 0 Å². The summed E-state index contributed by atoms with van der Waals surface area (Å²) in [6.07, 6.45) is 18.2. The standard InChI is InChI=1S/C18H34/c1-15(13-17-9-5-3-6-10-17)16(2)14-18-11-7-4-8-12-18/h15-18H,3-14H2,1-2H3. The van der Waals surface area contributed by atoms with Crippen molar-refractivity contribution in [2.75, 3.05) is 0 Å². The van der Waals surface area contributed by atoms with Crippen LogP contribution in [0.5, 0.6) is 0 Å². The van der Waals surface area contributed by atoms with Gasteiger partial charge in [0.1, 0.15) is 0 Å². The minimum Gasteiger partial charge on any atom is -0.0622 e. The summed E-state index contributed by atoms with van der Waals surface area (Å²) in [6, 6.07) is 0. The van der Waals surface area contributed by atoms with Crippen molar-refractivity contribution in [3.05, 3.63) is 0 Å². The maximum Gasteiger partial charge on any atom is -0.0412 e. The van der Waals surface area contributed by atoms with E-state index in [1.54, 1.807) is 0 Å². The fraction of sp³-hybridized carbons (Fsp3) is 1.00. The van der Waals surface area contributed by atoms with E-state index < -0.39 is 0 Å². The first kappa shape index (κ1) is 14.4. The first-order valence-corrected chi connectivity index (χ1v) is 8.75. The van der Waals surface area contributed by atoms with Gasteiger partial charge in [-0.05, 0) is 36.5 Å². The maximum absolute atomic E-state index is 2.53. The quantitative estimate of drug-likeness (QED) is 0.545. The number of rotatable bonds is 5. The molecule has 0 nitrogen and oxygen atoms in total. The van der Waals surface area contributed by atoms with Crippen LogP contribution in [0.4, 0.5) is 0 Å². The summed E-state index contributed by atoms with van der Waals surface area (Å²) in [6.45, 7) is 5.06. The van der Waals surface area contributed by atoms with Crippen molar-refractivity contribution in [3.8, 4) is 0 Å². The summed E-state index contributed by atoms with van der Waals surface area (Å²) < 4.78 is 0. The zero-order chi connectivity index (χ0) is 12.8. The van der Waals surface area contributed by atoms with Crippen LogP contribution >= 0.6 is 0 Å². The van der Waals surface area contributed by atoms with Crippen LogP contribution in [-0.4, -0.2) is 0 Å². The van der Waals surface area contributed by atoms with Crippen LogP contribution in [0.1, 0.15) is 90.9 Å². The van der Waals surface area contributed by atoms with E-state index in [-0.39, 0.29) is 0 Å². The predicted molar refractivity (Wildman–Crippen MR) is 80.7 cm³/mol. The molecule has 2 atom stereocenters. The fourth-order valence-corrected chi connectivity index (χ4v) is 4.36. The van der Waals surface area contributed by atoms with Crippen molar-refractivity contribution >= 4 is 0 Å². The number of hydrogen-bond donors (Lipinski definition) is 0. The molecule has 106 valence electrons. The lowest BCUT2D eigenvalue weighted by Gasteiger charge is -2.31. The Hall–Kier alpha value is 0. The molecule has 0 amide bonds. The molecule has 0 aromatic heterocycles. The molecule has 0 aromatic rings. The second-order valence-electron chi connectivity index (χ2n) is 7.43. The molecule has 0 saturated heterocycles. The molecule has 0 N–H and O–H groups in total. The van der Waals surface area contributed by atoms with E-state index in [2.05, 4.69) is 13.8 Å². The van der Waals surface area contributed by atoms with Gasteiger partial charge in [-0.2, -0.15) is 0 Å². The Labute approximate surface area is 115 Å². The molecule has 2 saturated carbocycles. The van der Waals surface area contributed by atoms with Gasteiger partial charge >= 0.3 is 0 Å². The van der Waals surface area contributed by atoms with E-state index in [1.165, 1.54) is 77.0 Å². The summed E-state index contributed by atoms with van der Waals surface area (Å²) in [5, 5.41) is 0. The smallest absolute Gasteiger partial charge is 0.0412 e. The van der Waals surface area contributed by atoms with Gasteiger partial charge in [0.15, 0.2) is 0 Å². The highest BCUT2D eigenvalue weighted by Crippen LogP contribution is 2.36. The van der Waals surface area contributed by atoms with E-state index in [1.807, 2.05) is 0 Å². The van der Waals surface area contributed by atoms with Gasteiger partial charge in [-0.1, -0.05) is 78.1 Å². The van der Waals surface area contributed by atoms with Crippen LogP contribution < -0.4 is 0 Å². The zero-order valence-electron chi connectivity index (χ0n) is 12.8. The van der Waals surface area contributed by atoms with Crippen molar-refractivity contribution in [1.82, 2.24) is 0 Å². The molecule has 0 heterocycles. The molecule has 0 aliphatic heterocycles. The van der Waals surface area contributed by atoms with Gasteiger partial charge in [-0.15, -0.1) is 0 Å². The average molecular weight is 250 g/mol. The van der Waals surface area contributed by atoms with Crippen molar-refractivity contribution in [2.24, 2.45) is 23.7 Å². The van der Waals surface area contributed by atoms with Crippen LogP contribution in [0.3, 0.4) is 0 Å². The molecule has 0 heteroatoms. The van der Waals surface area contributed by atoms with Crippen molar-refractivity contribution in [3.63, 3.8) is 0 Å². The highest BCUT2D eigenvalue weighted by atomic mass is 14.3. The molecule has 2 rings (SSSR count). The lowest BCUT2D eigenvalue weighted by Crippen LogP contribution is -2.19. The molecule has 0 radical (unpaired) electrons. The minimum atomic E-state index is 0.968. The third-order valence-electron chi connectivity index (χ3n) is 5.83. The van der Waals surface area contributed by atoms with E-state index in [0.29, 0.717) is 0 Å². The van der Waals surface area contributed by atoms with E-state index in [0.717, 1.165) is 23.7 Å². The van der Waals surface area contributed by atoms with Crippen molar-refractivity contribution in [1.29, 1.82) is 0 Å². The molecular formula is C18H34. The Kier molecular flexibility index (Phi) is 6.05. The Morgan fingerprint density at radius 3 is 1.28 bits per heavy atom. The molecule has 0 spiro atoms. The van der Waals surface area contributed by atoms with Gasteiger partial charge in [0, 0.05) is 0 Å². The number of hydrogen-bond acceptors (Lipinski definition) is 0. The Balaban J connectivity index is 1.68. The lowest BCUT2D eigenvalue weighted by molar-refractivity contribution is 0.209. The zero-order valence-corrected chi connectivity index (χ0v) is 12.8. The summed E-state index contributed by atoms with van der Waals surface area (Å²) >= 11 is 0. The van der Waals surface area contributed by atoms with E-state index in [4.69, 9.17) is 0 Å². The van der Waals surface area contributed by atoms with Gasteiger partial charge in [0.2, 0.25) is 0 Å². The van der Waals surface area contributed by atoms with Crippen molar-refractivity contribution < 1.29 is 0 Å². The van der Waals surface area contributed by atoms with Gasteiger partial charge in [-0.25, -0.2) is 0 Å². The van der Waals surface area contributed by atoms with Crippen LogP contribution in [-0.2, 0) is 0 Å². The fourth-order valence-electron chi connectivity index (χ4n) is 4.36. The van der Waals surface area contributed by atoms with Crippen LogP contribution in [0.15, 0.2) is 0 Å². The predicted octanol–water partition coefficient (Wildman–Crippen LogP) is 6.20. The van der Waals surface area contributed by atoms with Crippen LogP contribution in [0.2, 0.25) is 0 Å². The summed E-state index contributed by atoms with van der Waals surface area (Å²) in [5.41, 5.74) is 0. The summed E-state index contributed by atoms with van der Waals surface area (Å²) in [7, 11) is 0. The average Bonchev–Trinajstić information content (AvgIpc) is 2.41. The first-order valence-electron chi connectivity index (χ1n) is 8.75. The molecule has 0 bridgehead atoms. The largest absolute Gasteiger partial charge is 0.0622 e. The molecule has 18 heavy (non-hydrogen) atoms. The lowest BCUT2D eigenvalue weighted by atomic mass is 9.75. The second kappa shape index (κ2) is 7.56. The minimum absolute atomic E-state index is 0.968. The third kappa shape index (κ3) is 4.59. The SMILES string of the molecule is CC(CC1CCCCC1)C(C)CC1CCCCC1. The normalized spacial score (nSPS) is 27.0. The summed E-state index contributed by atoms with van der Waals surface area (Å²) in [5.74, 6) is 4.08. The highest BCUT2D eigenvalue weighted by molar-refractivity contribution is 4.75. The Bertz CT molecular complexity index is 184. The second-order valence-corrected chi connectivity index (χ2v) is 7.43. The van der Waals surface area contributed by atoms with E-state index >= 15 is 0 Å². The molecule has 2 aliphatic rings. The van der Waals surface area contributed by atoms with E-state index in [9.17, 15) is 0 Å². The first-order chi connectivity index (χ1) is 8.75. The Morgan fingerprint density at radius 2 is 0.944 bits per heavy atom. The molecule has 0 aromatic carbocycles. The monoisotopic (exact) mass is 250 g/mol. The topological polar surface area (TPSA) is 0 Å². The van der Waals surface area contributed by atoms with Gasteiger partial charge in [-0.3, -0.25) is 0 Å². The molecule has 2 unspecified atom stereocenters. The van der Waals surface area contributed by atoms with Crippen LogP contribution in [0.25, 0.3) is 0 Å². The summed E-state index contributed by atoms with van der Waals surface area (Å²) in [4.78, 5) is 0. The van der Waals surface area contributed by atoms with Gasteiger partial charge in [0.05, 0.1) is 0 Å². The Morgan fingerprint density at radius 1 is 0.611 bits per heavy atom. The molecule has 2 aliphatic carbocycles. The molecule has 2 fully saturated rings. The van der Waals surface area contributed by atoms with Gasteiger partial charge in [0.25, 0.3) is 0 Å². The van der Waals surface area contributed by atoms with Crippen molar-refractivity contribution in [2.45, 2.75) is 90.9 Å². The maximum atomic E-state index is 2.53. The third-order valence-corrected chi connectivity index (χ3v) is 5.83. The molecular weight excluding hydrogens is 216 g/mol. The van der Waals surface area contributed by atoms with Crippen LogP contribution in [0, 0.1) is 23.7 Å². The highest BCUT2D eigenvalue weighted by Gasteiger charge is 2.23.